The second-order valence-electron chi connectivity index (χ2n) is 3.84. The summed E-state index contributed by atoms with van der Waals surface area (Å²) in [6.07, 6.45) is 4.54. The maximum Gasteiger partial charge on any atom is 0.325 e. The van der Waals surface area contributed by atoms with Gasteiger partial charge in [-0.05, 0) is 40.3 Å². The summed E-state index contributed by atoms with van der Waals surface area (Å²) >= 11 is 0. The van der Waals surface area contributed by atoms with E-state index in [9.17, 15) is 4.79 Å². The van der Waals surface area contributed by atoms with Crippen molar-refractivity contribution in [3.05, 3.63) is 12.7 Å². The largest absolute Gasteiger partial charge is 0.468 e. The number of allylic oxidation sites excluding steroid dienone is 1. The number of likely N-dealkylation sites (N-methyl/N-ethyl adjacent to an activating group) is 1. The highest BCUT2D eigenvalue weighted by Gasteiger charge is 2.35. The standard InChI is InChI=1S/C11H21NO2/c1-6-7-8-9-11(2,12(3)4)10(13)14-5/h6H,1,7-9H2,2-5H3/t11-/m0/s1. The zero-order chi connectivity index (χ0) is 11.2. The van der Waals surface area contributed by atoms with Gasteiger partial charge in [0.2, 0.25) is 0 Å². The smallest absolute Gasteiger partial charge is 0.325 e. The summed E-state index contributed by atoms with van der Waals surface area (Å²) in [7, 11) is 5.22. The van der Waals surface area contributed by atoms with Gasteiger partial charge in [-0.2, -0.15) is 0 Å². The fourth-order valence-corrected chi connectivity index (χ4v) is 1.32. The lowest BCUT2D eigenvalue weighted by molar-refractivity contribution is -0.153. The summed E-state index contributed by atoms with van der Waals surface area (Å²) in [6, 6.07) is 0. The van der Waals surface area contributed by atoms with Crippen molar-refractivity contribution < 1.29 is 9.53 Å². The normalized spacial score (nSPS) is 14.9. The number of unbranched alkanes of at least 4 members (excludes halogenated alkanes) is 1. The summed E-state index contributed by atoms with van der Waals surface area (Å²) in [4.78, 5) is 13.5. The molecule has 0 rings (SSSR count). The van der Waals surface area contributed by atoms with Gasteiger partial charge in [-0.3, -0.25) is 9.69 Å². The molecule has 0 bridgehead atoms. The number of ether oxygens (including phenoxy) is 1. The molecule has 0 aromatic rings. The molecule has 0 N–H and O–H groups in total. The Morgan fingerprint density at radius 1 is 1.57 bits per heavy atom. The topological polar surface area (TPSA) is 29.5 Å². The van der Waals surface area contributed by atoms with E-state index in [1.165, 1.54) is 7.11 Å². The number of hydrogen-bond acceptors (Lipinski definition) is 3. The van der Waals surface area contributed by atoms with Crippen molar-refractivity contribution in [2.45, 2.75) is 31.7 Å². The minimum atomic E-state index is -0.516. The number of carbonyl (C=O) groups excluding carboxylic acids is 1. The zero-order valence-electron chi connectivity index (χ0n) is 9.67. The molecule has 0 spiro atoms. The number of hydrogen-bond donors (Lipinski definition) is 0. The molecule has 3 heteroatoms. The van der Waals surface area contributed by atoms with Crippen molar-refractivity contribution in [3.63, 3.8) is 0 Å². The van der Waals surface area contributed by atoms with Gasteiger partial charge in [0.1, 0.15) is 5.54 Å². The van der Waals surface area contributed by atoms with Gasteiger partial charge in [0.25, 0.3) is 0 Å². The van der Waals surface area contributed by atoms with Gasteiger partial charge in [0.05, 0.1) is 7.11 Å². The van der Waals surface area contributed by atoms with Crippen LogP contribution in [0.1, 0.15) is 26.2 Å². The average Bonchev–Trinajstić information content (AvgIpc) is 2.16. The van der Waals surface area contributed by atoms with Crippen molar-refractivity contribution in [1.82, 2.24) is 4.90 Å². The lowest BCUT2D eigenvalue weighted by Crippen LogP contribution is -2.49. The Morgan fingerprint density at radius 2 is 2.14 bits per heavy atom. The summed E-state index contributed by atoms with van der Waals surface area (Å²) < 4.78 is 4.80. The van der Waals surface area contributed by atoms with Crippen LogP contribution in [-0.4, -0.2) is 37.6 Å². The van der Waals surface area contributed by atoms with Gasteiger partial charge in [0, 0.05) is 0 Å². The van der Waals surface area contributed by atoms with Crippen LogP contribution in [0.2, 0.25) is 0 Å². The van der Waals surface area contributed by atoms with Crippen LogP contribution in [0.15, 0.2) is 12.7 Å². The molecule has 3 nitrogen and oxygen atoms in total. The predicted octanol–water partition coefficient (Wildman–Crippen LogP) is 1.84. The van der Waals surface area contributed by atoms with Crippen molar-refractivity contribution in [2.24, 2.45) is 0 Å². The fourth-order valence-electron chi connectivity index (χ4n) is 1.32. The molecule has 0 amide bonds. The van der Waals surface area contributed by atoms with Crippen molar-refractivity contribution >= 4 is 5.97 Å². The van der Waals surface area contributed by atoms with E-state index in [0.29, 0.717) is 0 Å². The molecule has 0 heterocycles. The number of rotatable bonds is 6. The lowest BCUT2D eigenvalue weighted by Gasteiger charge is -2.33. The molecule has 0 radical (unpaired) electrons. The second kappa shape index (κ2) is 5.81. The molecule has 0 unspecified atom stereocenters. The van der Waals surface area contributed by atoms with E-state index in [-0.39, 0.29) is 5.97 Å². The van der Waals surface area contributed by atoms with Gasteiger partial charge in [-0.25, -0.2) is 0 Å². The number of nitrogens with zero attached hydrogens (tertiary/aromatic N) is 1. The maximum absolute atomic E-state index is 11.6. The lowest BCUT2D eigenvalue weighted by atomic mass is 9.93. The highest BCUT2D eigenvalue weighted by atomic mass is 16.5. The third-order valence-electron chi connectivity index (χ3n) is 2.68. The van der Waals surface area contributed by atoms with Gasteiger partial charge in [-0.1, -0.05) is 6.08 Å². The summed E-state index contributed by atoms with van der Waals surface area (Å²) in [6.45, 7) is 5.57. The number of carbonyl (C=O) groups is 1. The number of esters is 1. The molecule has 0 saturated heterocycles. The summed E-state index contributed by atoms with van der Waals surface area (Å²) in [5, 5.41) is 0. The first kappa shape index (κ1) is 13.2. The van der Waals surface area contributed by atoms with E-state index in [4.69, 9.17) is 4.74 Å². The zero-order valence-corrected chi connectivity index (χ0v) is 9.67. The van der Waals surface area contributed by atoms with E-state index in [0.717, 1.165) is 19.3 Å². The molecule has 0 aliphatic rings. The van der Waals surface area contributed by atoms with Gasteiger partial charge >= 0.3 is 5.97 Å². The highest BCUT2D eigenvalue weighted by molar-refractivity contribution is 5.80. The third kappa shape index (κ3) is 3.14. The molecule has 0 aromatic carbocycles. The molecule has 0 aliphatic heterocycles. The Kier molecular flexibility index (Phi) is 5.46. The van der Waals surface area contributed by atoms with Crippen LogP contribution in [-0.2, 0) is 9.53 Å². The molecule has 1 atom stereocenters. The highest BCUT2D eigenvalue weighted by Crippen LogP contribution is 2.21. The molecule has 0 aliphatic carbocycles. The van der Waals surface area contributed by atoms with Crippen molar-refractivity contribution in [1.29, 1.82) is 0 Å². The van der Waals surface area contributed by atoms with Crippen LogP contribution in [0.3, 0.4) is 0 Å². The Labute approximate surface area is 86.7 Å². The molecule has 0 saturated carbocycles. The maximum atomic E-state index is 11.6. The van der Waals surface area contributed by atoms with Crippen LogP contribution in [0.4, 0.5) is 0 Å². The predicted molar refractivity (Wildman–Crippen MR) is 58.2 cm³/mol. The van der Waals surface area contributed by atoms with Gasteiger partial charge in [-0.15, -0.1) is 6.58 Å². The molecular weight excluding hydrogens is 178 g/mol. The van der Waals surface area contributed by atoms with E-state index in [1.54, 1.807) is 0 Å². The van der Waals surface area contributed by atoms with Crippen molar-refractivity contribution in [2.75, 3.05) is 21.2 Å². The fraction of sp³-hybridized carbons (Fsp3) is 0.727. The second-order valence-corrected chi connectivity index (χ2v) is 3.84. The average molecular weight is 199 g/mol. The first-order valence-electron chi connectivity index (χ1n) is 4.85. The monoisotopic (exact) mass is 199 g/mol. The Morgan fingerprint density at radius 3 is 2.50 bits per heavy atom. The Bertz CT molecular complexity index is 201. The van der Waals surface area contributed by atoms with Crippen LogP contribution in [0, 0.1) is 0 Å². The van der Waals surface area contributed by atoms with Gasteiger partial charge < -0.3 is 4.74 Å². The molecule has 14 heavy (non-hydrogen) atoms. The van der Waals surface area contributed by atoms with Crippen LogP contribution >= 0.6 is 0 Å². The molecule has 0 fully saturated rings. The van der Waals surface area contributed by atoms with E-state index < -0.39 is 5.54 Å². The quantitative estimate of drug-likeness (QED) is 0.371. The Hall–Kier alpha value is -0.830. The Balaban J connectivity index is 4.39. The van der Waals surface area contributed by atoms with E-state index in [2.05, 4.69) is 6.58 Å². The SMILES string of the molecule is C=CCCC[C@@](C)(C(=O)OC)N(C)C. The van der Waals surface area contributed by atoms with E-state index in [1.807, 2.05) is 32.0 Å². The molecule has 82 valence electrons. The van der Waals surface area contributed by atoms with Crippen LogP contribution in [0.25, 0.3) is 0 Å². The van der Waals surface area contributed by atoms with E-state index >= 15 is 0 Å². The molecule has 0 aromatic heterocycles. The first-order chi connectivity index (χ1) is 6.49. The minimum Gasteiger partial charge on any atom is -0.468 e. The van der Waals surface area contributed by atoms with Crippen molar-refractivity contribution in [3.8, 4) is 0 Å². The van der Waals surface area contributed by atoms with Gasteiger partial charge in [0.15, 0.2) is 0 Å². The van der Waals surface area contributed by atoms with Crippen LogP contribution in [0.5, 0.6) is 0 Å². The number of methoxy groups -OCH3 is 1. The van der Waals surface area contributed by atoms with Crippen LogP contribution < -0.4 is 0 Å². The molecular formula is C11H21NO2. The minimum absolute atomic E-state index is 0.174. The first-order valence-corrected chi connectivity index (χ1v) is 4.85. The third-order valence-corrected chi connectivity index (χ3v) is 2.68. The summed E-state index contributed by atoms with van der Waals surface area (Å²) in [5.41, 5.74) is -0.516. The summed E-state index contributed by atoms with van der Waals surface area (Å²) in [5.74, 6) is -0.174.